The first-order valence-corrected chi connectivity index (χ1v) is 7.00. The van der Waals surface area contributed by atoms with Crippen LogP contribution < -0.4 is 15.9 Å². The number of nitrogens with two attached hydrogens (primary N) is 1. The van der Waals surface area contributed by atoms with E-state index >= 15 is 0 Å². The van der Waals surface area contributed by atoms with Gasteiger partial charge >= 0.3 is 0 Å². The molecule has 0 spiro atoms. The largest absolute Gasteiger partial charge is 0.489 e. The first kappa shape index (κ1) is 16.4. The molecule has 0 bridgehead atoms. The van der Waals surface area contributed by atoms with E-state index in [4.69, 9.17) is 10.5 Å². The Kier molecular flexibility index (Phi) is 5.59. The Morgan fingerprint density at radius 1 is 1.26 bits per heavy atom. The van der Waals surface area contributed by atoms with E-state index in [0.717, 1.165) is 11.1 Å². The summed E-state index contributed by atoms with van der Waals surface area (Å²) in [7, 11) is 0. The average molecular weight is 330 g/mol. The standard InChI is InChI=1S/C15H14N4O3S/c16-15(23)18-17-9-11-3-7-14(8-4-11)22-10-12-1-5-13(6-2-12)19(20)21/h1-9H,10H2,(H3,16,18,23). The molecule has 0 atom stereocenters. The fraction of sp³-hybridized carbons (Fsp3) is 0.0667. The molecule has 3 N–H and O–H groups in total. The molecule has 0 unspecified atom stereocenters. The smallest absolute Gasteiger partial charge is 0.269 e. The Labute approximate surface area is 137 Å². The molecule has 0 aliphatic rings. The van der Waals surface area contributed by atoms with Gasteiger partial charge in [-0.1, -0.05) is 0 Å². The van der Waals surface area contributed by atoms with Gasteiger partial charge in [-0.3, -0.25) is 15.5 Å². The molecule has 2 aromatic carbocycles. The van der Waals surface area contributed by atoms with Crippen LogP contribution >= 0.6 is 12.2 Å². The fourth-order valence-electron chi connectivity index (χ4n) is 1.70. The van der Waals surface area contributed by atoms with Crippen LogP contribution in [0.3, 0.4) is 0 Å². The van der Waals surface area contributed by atoms with Gasteiger partial charge in [-0.05, 0) is 59.7 Å². The van der Waals surface area contributed by atoms with Gasteiger partial charge in [0.05, 0.1) is 11.1 Å². The van der Waals surface area contributed by atoms with Crippen molar-refractivity contribution in [2.24, 2.45) is 10.8 Å². The molecule has 0 saturated heterocycles. The highest BCUT2D eigenvalue weighted by Crippen LogP contribution is 2.16. The van der Waals surface area contributed by atoms with Crippen LogP contribution in [0.25, 0.3) is 0 Å². The normalized spacial score (nSPS) is 10.4. The lowest BCUT2D eigenvalue weighted by Crippen LogP contribution is -2.23. The van der Waals surface area contributed by atoms with Gasteiger partial charge in [0.15, 0.2) is 5.11 Å². The van der Waals surface area contributed by atoms with Crippen molar-refractivity contribution in [1.29, 1.82) is 0 Å². The van der Waals surface area contributed by atoms with E-state index in [1.165, 1.54) is 12.1 Å². The molecule has 2 aromatic rings. The van der Waals surface area contributed by atoms with Crippen LogP contribution in [-0.4, -0.2) is 16.3 Å². The number of hydrazone groups is 1. The third kappa shape index (κ3) is 5.36. The molecule has 0 saturated carbocycles. The number of rotatable bonds is 6. The number of nitrogens with zero attached hydrogens (tertiary/aromatic N) is 2. The number of nitrogens with one attached hydrogen (secondary N) is 1. The molecule has 0 heterocycles. The van der Waals surface area contributed by atoms with E-state index in [-0.39, 0.29) is 10.8 Å². The second-order valence-corrected chi connectivity index (χ2v) is 4.96. The van der Waals surface area contributed by atoms with Crippen molar-refractivity contribution in [1.82, 2.24) is 5.43 Å². The molecule has 0 fully saturated rings. The van der Waals surface area contributed by atoms with E-state index in [1.54, 1.807) is 30.5 Å². The first-order valence-electron chi connectivity index (χ1n) is 6.59. The summed E-state index contributed by atoms with van der Waals surface area (Å²) in [6, 6.07) is 13.5. The highest BCUT2D eigenvalue weighted by molar-refractivity contribution is 7.80. The summed E-state index contributed by atoms with van der Waals surface area (Å²) in [6.45, 7) is 0.328. The maximum atomic E-state index is 10.6. The molecular weight excluding hydrogens is 316 g/mol. The molecule has 0 aliphatic heterocycles. The lowest BCUT2D eigenvalue weighted by atomic mass is 10.2. The Balaban J connectivity index is 1.89. The second kappa shape index (κ2) is 7.85. The minimum absolute atomic E-state index is 0.0583. The van der Waals surface area contributed by atoms with Crippen LogP contribution in [0.2, 0.25) is 0 Å². The SMILES string of the molecule is NC(=S)NN=Cc1ccc(OCc2ccc([N+](=O)[O-])cc2)cc1. The zero-order chi connectivity index (χ0) is 16.7. The molecule has 0 aliphatic carbocycles. The van der Waals surface area contributed by atoms with E-state index in [9.17, 15) is 10.1 Å². The van der Waals surface area contributed by atoms with Crippen LogP contribution in [0, 0.1) is 10.1 Å². The average Bonchev–Trinajstić information content (AvgIpc) is 2.54. The van der Waals surface area contributed by atoms with Crippen LogP contribution in [0.4, 0.5) is 5.69 Å². The molecule has 8 heteroatoms. The predicted octanol–water partition coefficient (Wildman–Crippen LogP) is 2.34. The van der Waals surface area contributed by atoms with E-state index < -0.39 is 4.92 Å². The summed E-state index contributed by atoms with van der Waals surface area (Å²) < 4.78 is 5.62. The Hall–Kier alpha value is -3.00. The van der Waals surface area contributed by atoms with Gasteiger partial charge in [-0.2, -0.15) is 5.10 Å². The maximum absolute atomic E-state index is 10.6. The van der Waals surface area contributed by atoms with E-state index in [0.29, 0.717) is 12.4 Å². The lowest BCUT2D eigenvalue weighted by molar-refractivity contribution is -0.384. The number of hydrogen-bond donors (Lipinski definition) is 2. The number of ether oxygens (including phenoxy) is 1. The first-order chi connectivity index (χ1) is 11.0. The number of thiocarbonyl (C=S) groups is 1. The van der Waals surface area contributed by atoms with Gasteiger partial charge in [-0.15, -0.1) is 0 Å². The third-order valence-corrected chi connectivity index (χ3v) is 2.91. The van der Waals surface area contributed by atoms with E-state index in [2.05, 4.69) is 22.7 Å². The van der Waals surface area contributed by atoms with Crippen molar-refractivity contribution in [3.63, 3.8) is 0 Å². The van der Waals surface area contributed by atoms with Crippen molar-refractivity contribution in [2.75, 3.05) is 0 Å². The Bertz CT molecular complexity index is 715. The minimum Gasteiger partial charge on any atom is -0.489 e. The van der Waals surface area contributed by atoms with Crippen molar-refractivity contribution in [2.45, 2.75) is 6.61 Å². The second-order valence-electron chi connectivity index (χ2n) is 4.52. The topological polar surface area (TPSA) is 103 Å². The molecule has 2 rings (SSSR count). The number of nitro groups is 1. The number of hydrogen-bond acceptors (Lipinski definition) is 5. The van der Waals surface area contributed by atoms with E-state index in [1.807, 2.05) is 12.1 Å². The van der Waals surface area contributed by atoms with Crippen molar-refractivity contribution in [3.8, 4) is 5.75 Å². The van der Waals surface area contributed by atoms with Gasteiger partial charge in [0.25, 0.3) is 5.69 Å². The lowest BCUT2D eigenvalue weighted by Gasteiger charge is -2.06. The van der Waals surface area contributed by atoms with Gasteiger partial charge < -0.3 is 10.5 Å². The highest BCUT2D eigenvalue weighted by atomic mass is 32.1. The summed E-state index contributed by atoms with van der Waals surface area (Å²) >= 11 is 4.63. The van der Waals surface area contributed by atoms with Gasteiger partial charge in [0, 0.05) is 12.1 Å². The molecule has 7 nitrogen and oxygen atoms in total. The summed E-state index contributed by atoms with van der Waals surface area (Å²) in [5.74, 6) is 0.683. The molecule has 23 heavy (non-hydrogen) atoms. The number of nitro benzene ring substituents is 1. The molecule has 118 valence electrons. The van der Waals surface area contributed by atoms with Crippen molar-refractivity contribution in [3.05, 3.63) is 69.8 Å². The van der Waals surface area contributed by atoms with Gasteiger partial charge in [0.2, 0.25) is 0 Å². The summed E-state index contributed by atoms with van der Waals surface area (Å²) in [5, 5.41) is 14.5. The van der Waals surface area contributed by atoms with Crippen molar-refractivity contribution < 1.29 is 9.66 Å². The fourth-order valence-corrected chi connectivity index (χ4v) is 1.75. The van der Waals surface area contributed by atoms with Crippen LogP contribution in [0.1, 0.15) is 11.1 Å². The summed E-state index contributed by atoms with van der Waals surface area (Å²) in [4.78, 5) is 10.1. The molecule has 0 radical (unpaired) electrons. The van der Waals surface area contributed by atoms with Gasteiger partial charge in [-0.25, -0.2) is 0 Å². The zero-order valence-corrected chi connectivity index (χ0v) is 12.8. The van der Waals surface area contributed by atoms with Crippen molar-refractivity contribution >= 4 is 29.2 Å². The van der Waals surface area contributed by atoms with Gasteiger partial charge in [0.1, 0.15) is 12.4 Å². The molecular formula is C15H14N4O3S. The quantitative estimate of drug-likeness (QED) is 0.365. The van der Waals surface area contributed by atoms with Crippen LogP contribution in [0.15, 0.2) is 53.6 Å². The number of non-ortho nitro benzene ring substituents is 1. The van der Waals surface area contributed by atoms with Crippen LogP contribution in [0.5, 0.6) is 5.75 Å². The maximum Gasteiger partial charge on any atom is 0.269 e. The predicted molar refractivity (Wildman–Crippen MR) is 91.4 cm³/mol. The monoisotopic (exact) mass is 330 g/mol. The zero-order valence-electron chi connectivity index (χ0n) is 12.0. The summed E-state index contributed by atoms with van der Waals surface area (Å²) in [5.41, 5.74) is 9.48. The highest BCUT2D eigenvalue weighted by Gasteiger charge is 2.04. The molecule has 0 amide bonds. The minimum atomic E-state index is -0.433. The third-order valence-electron chi connectivity index (χ3n) is 2.82. The molecule has 0 aromatic heterocycles. The van der Waals surface area contributed by atoms with Crippen LogP contribution in [-0.2, 0) is 6.61 Å². The Morgan fingerprint density at radius 2 is 1.91 bits per heavy atom. The summed E-state index contributed by atoms with van der Waals surface area (Å²) in [6.07, 6.45) is 1.58. The number of benzene rings is 2. The Morgan fingerprint density at radius 3 is 2.48 bits per heavy atom.